The highest BCUT2D eigenvalue weighted by Gasteiger charge is 2.29. The number of carbonyl (C=O) groups excluding carboxylic acids is 1. The van der Waals surface area contributed by atoms with Crippen LogP contribution in [0.25, 0.3) is 0 Å². The number of amides is 1. The number of aliphatic carboxylic acids is 1. The molecule has 1 rings (SSSR count). The Morgan fingerprint density at radius 3 is 2.62 bits per heavy atom. The second-order valence-corrected chi connectivity index (χ2v) is 5.00. The number of methoxy groups -OCH3 is 1. The van der Waals surface area contributed by atoms with E-state index in [1.54, 1.807) is 0 Å². The molecule has 0 saturated heterocycles. The van der Waals surface area contributed by atoms with E-state index in [1.807, 2.05) is 0 Å². The lowest BCUT2D eigenvalue weighted by Crippen LogP contribution is -2.51. The molecule has 0 aliphatic carbocycles. The van der Waals surface area contributed by atoms with Crippen LogP contribution >= 0.6 is 0 Å². The second-order valence-electron chi connectivity index (χ2n) is 5.00. The first kappa shape index (κ1) is 17.0. The second kappa shape index (κ2) is 7.12. The molecule has 1 unspecified atom stereocenters. The molecule has 0 saturated carbocycles. The van der Waals surface area contributed by atoms with Crippen LogP contribution in [0.5, 0.6) is 0 Å². The van der Waals surface area contributed by atoms with Gasteiger partial charge in [-0.25, -0.2) is 8.78 Å². The van der Waals surface area contributed by atoms with Crippen molar-refractivity contribution in [2.45, 2.75) is 25.3 Å². The lowest BCUT2D eigenvalue weighted by molar-refractivity contribution is -0.139. The number of hydrogen-bond donors (Lipinski definition) is 2. The Kier molecular flexibility index (Phi) is 5.78. The van der Waals surface area contributed by atoms with Gasteiger partial charge in [0.2, 0.25) is 5.91 Å². The summed E-state index contributed by atoms with van der Waals surface area (Å²) in [7, 11) is 1.37. The van der Waals surface area contributed by atoms with E-state index in [0.29, 0.717) is 0 Å². The predicted octanol–water partition coefficient (Wildman–Crippen LogP) is 1.50. The molecule has 1 atom stereocenters. The molecule has 7 heteroatoms. The molecule has 0 bridgehead atoms. The minimum absolute atomic E-state index is 0.0172. The first-order chi connectivity index (χ1) is 9.77. The molecule has 0 aromatic heterocycles. The van der Waals surface area contributed by atoms with Crippen LogP contribution in [0.2, 0.25) is 0 Å². The maximum absolute atomic E-state index is 13.5. The van der Waals surface area contributed by atoms with E-state index in [0.717, 1.165) is 6.07 Å². The van der Waals surface area contributed by atoms with E-state index in [2.05, 4.69) is 5.32 Å². The van der Waals surface area contributed by atoms with Crippen molar-refractivity contribution in [1.82, 2.24) is 5.32 Å². The van der Waals surface area contributed by atoms with Gasteiger partial charge in [-0.3, -0.25) is 9.59 Å². The minimum Gasteiger partial charge on any atom is -0.481 e. The molecule has 21 heavy (non-hydrogen) atoms. The lowest BCUT2D eigenvalue weighted by atomic mass is 9.98. The van der Waals surface area contributed by atoms with E-state index < -0.39 is 29.0 Å². The van der Waals surface area contributed by atoms with Gasteiger partial charge in [0.1, 0.15) is 0 Å². The van der Waals surface area contributed by atoms with E-state index in [4.69, 9.17) is 9.84 Å². The van der Waals surface area contributed by atoms with Crippen LogP contribution in [0.1, 0.15) is 18.9 Å². The van der Waals surface area contributed by atoms with E-state index in [-0.39, 0.29) is 25.0 Å². The van der Waals surface area contributed by atoms with Crippen molar-refractivity contribution in [3.63, 3.8) is 0 Å². The number of halogens is 2. The van der Waals surface area contributed by atoms with Gasteiger partial charge < -0.3 is 15.2 Å². The van der Waals surface area contributed by atoms with Crippen LogP contribution in [0.4, 0.5) is 8.78 Å². The van der Waals surface area contributed by atoms with Crippen LogP contribution in [-0.4, -0.2) is 36.2 Å². The first-order valence-electron chi connectivity index (χ1n) is 6.22. The summed E-state index contributed by atoms with van der Waals surface area (Å²) in [4.78, 5) is 22.7. The van der Waals surface area contributed by atoms with Gasteiger partial charge in [-0.2, -0.15) is 0 Å². The summed E-state index contributed by atoms with van der Waals surface area (Å²) in [6, 6.07) is 3.55. The summed E-state index contributed by atoms with van der Waals surface area (Å²) in [6.07, 6.45) is -0.735. The molecule has 5 nitrogen and oxygen atoms in total. The number of nitrogens with one attached hydrogen (secondary N) is 1. The quantitative estimate of drug-likeness (QED) is 0.800. The topological polar surface area (TPSA) is 75.6 Å². The number of carboxylic acids is 1. The molecule has 0 radical (unpaired) electrons. The third kappa shape index (κ3) is 5.11. The van der Waals surface area contributed by atoms with Crippen molar-refractivity contribution in [2.75, 3.05) is 13.7 Å². The molecule has 1 aromatic rings. The SMILES string of the molecule is COCC(C)(CC(=O)O)NC(=O)Cc1cccc(F)c1F. The van der Waals surface area contributed by atoms with Crippen LogP contribution in [0.3, 0.4) is 0 Å². The Labute approximate surface area is 120 Å². The Bertz CT molecular complexity index is 536. The smallest absolute Gasteiger partial charge is 0.305 e. The first-order valence-corrected chi connectivity index (χ1v) is 6.22. The Morgan fingerprint density at radius 1 is 1.38 bits per heavy atom. The highest BCUT2D eigenvalue weighted by Crippen LogP contribution is 2.14. The number of carboxylic acid groups (broad SMARTS) is 1. The van der Waals surface area contributed by atoms with Crippen LogP contribution in [0.15, 0.2) is 18.2 Å². The standard InChI is InChI=1S/C14H17F2NO4/c1-14(8-21-2,7-12(19)20)17-11(18)6-9-4-3-5-10(15)13(9)16/h3-5H,6-8H2,1-2H3,(H,17,18)(H,19,20). The summed E-state index contributed by atoms with van der Waals surface area (Å²) in [5, 5.41) is 11.3. The average Bonchev–Trinajstić information content (AvgIpc) is 2.33. The van der Waals surface area contributed by atoms with Gasteiger partial charge in [-0.15, -0.1) is 0 Å². The third-order valence-corrected chi connectivity index (χ3v) is 2.83. The fourth-order valence-corrected chi connectivity index (χ4v) is 2.02. The summed E-state index contributed by atoms with van der Waals surface area (Å²) < 4.78 is 31.4. The summed E-state index contributed by atoms with van der Waals surface area (Å²) in [6.45, 7) is 1.49. The number of benzene rings is 1. The van der Waals surface area contributed by atoms with Gasteiger partial charge >= 0.3 is 5.97 Å². The zero-order valence-corrected chi connectivity index (χ0v) is 11.8. The molecule has 0 aliphatic heterocycles. The molecule has 116 valence electrons. The summed E-state index contributed by atoms with van der Waals surface area (Å²) in [5.74, 6) is -3.84. The zero-order chi connectivity index (χ0) is 16.0. The highest BCUT2D eigenvalue weighted by atomic mass is 19.2. The Morgan fingerprint density at radius 2 is 2.05 bits per heavy atom. The molecule has 1 aromatic carbocycles. The van der Waals surface area contributed by atoms with E-state index in [9.17, 15) is 18.4 Å². The van der Waals surface area contributed by atoms with Gasteiger partial charge in [0.15, 0.2) is 11.6 Å². The van der Waals surface area contributed by atoms with Crippen molar-refractivity contribution in [1.29, 1.82) is 0 Å². The van der Waals surface area contributed by atoms with Crippen molar-refractivity contribution in [2.24, 2.45) is 0 Å². The number of ether oxygens (including phenoxy) is 1. The van der Waals surface area contributed by atoms with Gasteiger partial charge in [0, 0.05) is 12.7 Å². The third-order valence-electron chi connectivity index (χ3n) is 2.83. The number of rotatable bonds is 7. The average molecular weight is 301 g/mol. The minimum atomic E-state index is -1.12. The van der Waals surface area contributed by atoms with Gasteiger partial charge in [0.25, 0.3) is 0 Å². The molecular formula is C14H17F2NO4. The van der Waals surface area contributed by atoms with Gasteiger partial charge in [-0.1, -0.05) is 12.1 Å². The van der Waals surface area contributed by atoms with Crippen molar-refractivity contribution in [3.8, 4) is 0 Å². The van der Waals surface area contributed by atoms with Crippen molar-refractivity contribution >= 4 is 11.9 Å². The van der Waals surface area contributed by atoms with Crippen LogP contribution in [0, 0.1) is 11.6 Å². The monoisotopic (exact) mass is 301 g/mol. The fraction of sp³-hybridized carbons (Fsp3) is 0.429. The molecule has 1 amide bonds. The summed E-state index contributed by atoms with van der Waals surface area (Å²) >= 11 is 0. The number of carbonyl (C=O) groups is 2. The molecule has 0 spiro atoms. The predicted molar refractivity (Wildman–Crippen MR) is 70.7 cm³/mol. The fourth-order valence-electron chi connectivity index (χ4n) is 2.02. The lowest BCUT2D eigenvalue weighted by Gasteiger charge is -2.28. The van der Waals surface area contributed by atoms with Crippen LogP contribution in [-0.2, 0) is 20.7 Å². The zero-order valence-electron chi connectivity index (χ0n) is 11.8. The van der Waals surface area contributed by atoms with Gasteiger partial charge in [0.05, 0.1) is 25.0 Å². The van der Waals surface area contributed by atoms with Gasteiger partial charge in [-0.05, 0) is 13.0 Å². The van der Waals surface area contributed by atoms with Crippen molar-refractivity contribution in [3.05, 3.63) is 35.4 Å². The van der Waals surface area contributed by atoms with E-state index in [1.165, 1.54) is 26.2 Å². The molecular weight excluding hydrogens is 284 g/mol. The molecule has 0 fully saturated rings. The number of hydrogen-bond acceptors (Lipinski definition) is 3. The normalized spacial score (nSPS) is 13.5. The van der Waals surface area contributed by atoms with Crippen molar-refractivity contribution < 1.29 is 28.2 Å². The van der Waals surface area contributed by atoms with E-state index >= 15 is 0 Å². The Balaban J connectivity index is 2.78. The largest absolute Gasteiger partial charge is 0.481 e. The summed E-state index contributed by atoms with van der Waals surface area (Å²) in [5.41, 5.74) is -1.22. The molecule has 2 N–H and O–H groups in total. The maximum Gasteiger partial charge on any atom is 0.305 e. The highest BCUT2D eigenvalue weighted by molar-refractivity contribution is 5.80. The molecule has 0 heterocycles. The Hall–Kier alpha value is -2.02. The maximum atomic E-state index is 13.5. The van der Waals surface area contributed by atoms with Crippen LogP contribution < -0.4 is 5.32 Å². The molecule has 0 aliphatic rings.